The summed E-state index contributed by atoms with van der Waals surface area (Å²) in [5, 5.41) is 2.26. The Kier molecular flexibility index (Phi) is 3.99. The van der Waals surface area contributed by atoms with Crippen LogP contribution in [0.4, 0.5) is 0 Å². The van der Waals surface area contributed by atoms with E-state index in [9.17, 15) is 0 Å². The van der Waals surface area contributed by atoms with Gasteiger partial charge in [0.25, 0.3) is 0 Å². The van der Waals surface area contributed by atoms with E-state index in [4.69, 9.17) is 8.83 Å². The summed E-state index contributed by atoms with van der Waals surface area (Å²) in [7, 11) is 0. The second-order valence-corrected chi connectivity index (χ2v) is 8.59. The van der Waals surface area contributed by atoms with Gasteiger partial charge in [0, 0.05) is 33.5 Å². The number of furan rings is 2. The lowest BCUT2D eigenvalue weighted by Gasteiger charge is -2.08. The summed E-state index contributed by atoms with van der Waals surface area (Å²) in [6, 6.07) is 18.8. The molecular weight excluding hydrogens is 396 g/mol. The van der Waals surface area contributed by atoms with Crippen LogP contribution >= 0.6 is 0 Å². The molecule has 0 bridgehead atoms. The lowest BCUT2D eigenvalue weighted by molar-refractivity contribution is 0.628. The van der Waals surface area contributed by atoms with Gasteiger partial charge in [0.15, 0.2) is 5.58 Å². The van der Waals surface area contributed by atoms with Crippen molar-refractivity contribution in [2.45, 2.75) is 27.7 Å². The lowest BCUT2D eigenvalue weighted by Crippen LogP contribution is -1.88. The zero-order chi connectivity index (χ0) is 22.0. The molecular formula is C28H22N2O2. The van der Waals surface area contributed by atoms with Gasteiger partial charge >= 0.3 is 0 Å². The molecule has 156 valence electrons. The number of aryl methyl sites for hydroxylation is 4. The van der Waals surface area contributed by atoms with Crippen molar-refractivity contribution in [1.29, 1.82) is 0 Å². The van der Waals surface area contributed by atoms with Crippen LogP contribution in [-0.2, 0) is 0 Å². The van der Waals surface area contributed by atoms with Gasteiger partial charge in [-0.2, -0.15) is 0 Å². The molecule has 0 fully saturated rings. The molecule has 32 heavy (non-hydrogen) atoms. The van der Waals surface area contributed by atoms with E-state index >= 15 is 0 Å². The monoisotopic (exact) mass is 418 g/mol. The molecule has 0 saturated carbocycles. The van der Waals surface area contributed by atoms with Gasteiger partial charge in [0.2, 0.25) is 0 Å². The Morgan fingerprint density at radius 1 is 0.719 bits per heavy atom. The standard InChI is InChI=1S/C28H22N2O2/c1-15-9-16(2)11-19(10-15)26-28-22(29-14-30-26)13-24(32-28)25-17(3)12-21-20-7-5-6-8-23(20)31-27(21)18(25)4/h5-14H,1-4H3. The molecule has 4 heteroatoms. The summed E-state index contributed by atoms with van der Waals surface area (Å²) in [6.07, 6.45) is 1.61. The van der Waals surface area contributed by atoms with Gasteiger partial charge in [-0.15, -0.1) is 0 Å². The van der Waals surface area contributed by atoms with Crippen molar-refractivity contribution < 1.29 is 8.83 Å². The molecule has 0 saturated heterocycles. The number of aromatic nitrogens is 2. The van der Waals surface area contributed by atoms with Gasteiger partial charge in [-0.3, -0.25) is 0 Å². The zero-order valence-electron chi connectivity index (χ0n) is 18.5. The van der Waals surface area contributed by atoms with E-state index in [0.717, 1.165) is 61.2 Å². The highest BCUT2D eigenvalue weighted by atomic mass is 16.3. The molecule has 0 spiro atoms. The Bertz CT molecular complexity index is 1650. The summed E-state index contributed by atoms with van der Waals surface area (Å²) in [6.45, 7) is 8.40. The van der Waals surface area contributed by atoms with E-state index in [2.05, 4.69) is 68.0 Å². The highest BCUT2D eigenvalue weighted by Crippen LogP contribution is 2.40. The number of hydrogen-bond acceptors (Lipinski definition) is 4. The normalized spacial score (nSPS) is 11.8. The van der Waals surface area contributed by atoms with Crippen LogP contribution in [-0.4, -0.2) is 9.97 Å². The molecule has 0 amide bonds. The third-order valence-corrected chi connectivity index (χ3v) is 6.16. The van der Waals surface area contributed by atoms with Crippen LogP contribution in [0.15, 0.2) is 69.8 Å². The molecule has 0 unspecified atom stereocenters. The molecule has 0 atom stereocenters. The molecule has 0 aliphatic heterocycles. The molecule has 0 N–H and O–H groups in total. The molecule has 6 aromatic rings. The number of para-hydroxylation sites is 1. The van der Waals surface area contributed by atoms with Crippen molar-refractivity contribution >= 4 is 33.0 Å². The third kappa shape index (κ3) is 2.76. The second-order valence-electron chi connectivity index (χ2n) is 8.59. The van der Waals surface area contributed by atoms with Crippen molar-refractivity contribution in [3.63, 3.8) is 0 Å². The van der Waals surface area contributed by atoms with Crippen LogP contribution in [0.25, 0.3) is 55.6 Å². The Hall–Kier alpha value is -3.92. The van der Waals surface area contributed by atoms with Gasteiger partial charge in [-0.05, 0) is 57.5 Å². The summed E-state index contributed by atoms with van der Waals surface area (Å²) in [5.41, 5.74) is 10.8. The SMILES string of the molecule is Cc1cc(C)cc(-c2ncnc3cc(-c4c(C)cc5c(oc6ccccc65)c4C)oc23)c1. The van der Waals surface area contributed by atoms with E-state index in [1.807, 2.05) is 24.3 Å². The van der Waals surface area contributed by atoms with Crippen LogP contribution in [0.1, 0.15) is 22.3 Å². The molecule has 3 aromatic carbocycles. The fraction of sp³-hybridized carbons (Fsp3) is 0.143. The minimum atomic E-state index is 0.705. The Balaban J connectivity index is 1.60. The third-order valence-electron chi connectivity index (χ3n) is 6.16. The first kappa shape index (κ1) is 18.8. The average Bonchev–Trinajstić information content (AvgIpc) is 3.34. The maximum atomic E-state index is 6.44. The quantitative estimate of drug-likeness (QED) is 0.289. The van der Waals surface area contributed by atoms with E-state index < -0.39 is 0 Å². The molecule has 3 aromatic heterocycles. The summed E-state index contributed by atoms with van der Waals surface area (Å²) in [4.78, 5) is 9.05. The highest BCUT2D eigenvalue weighted by molar-refractivity contribution is 6.08. The van der Waals surface area contributed by atoms with Gasteiger partial charge in [-0.1, -0.05) is 35.4 Å². The van der Waals surface area contributed by atoms with Crippen LogP contribution in [0.3, 0.4) is 0 Å². The van der Waals surface area contributed by atoms with Gasteiger partial charge in [0.1, 0.15) is 34.5 Å². The van der Waals surface area contributed by atoms with Crippen LogP contribution in [0.5, 0.6) is 0 Å². The Morgan fingerprint density at radius 2 is 1.50 bits per heavy atom. The Morgan fingerprint density at radius 3 is 2.31 bits per heavy atom. The van der Waals surface area contributed by atoms with Gasteiger partial charge in [-0.25, -0.2) is 9.97 Å². The maximum absolute atomic E-state index is 6.44. The van der Waals surface area contributed by atoms with Crippen LogP contribution < -0.4 is 0 Å². The fourth-order valence-corrected chi connectivity index (χ4v) is 4.86. The molecule has 0 radical (unpaired) electrons. The maximum Gasteiger partial charge on any atom is 0.179 e. The van der Waals surface area contributed by atoms with Crippen molar-refractivity contribution in [3.8, 4) is 22.6 Å². The van der Waals surface area contributed by atoms with Crippen molar-refractivity contribution in [2.75, 3.05) is 0 Å². The van der Waals surface area contributed by atoms with Crippen molar-refractivity contribution in [3.05, 3.63) is 83.2 Å². The number of rotatable bonds is 2. The minimum absolute atomic E-state index is 0.705. The predicted molar refractivity (Wildman–Crippen MR) is 129 cm³/mol. The molecule has 6 rings (SSSR count). The molecule has 0 aliphatic carbocycles. The van der Waals surface area contributed by atoms with Gasteiger partial charge in [0.05, 0.1) is 0 Å². The van der Waals surface area contributed by atoms with E-state index in [-0.39, 0.29) is 0 Å². The van der Waals surface area contributed by atoms with Crippen LogP contribution in [0.2, 0.25) is 0 Å². The van der Waals surface area contributed by atoms with E-state index in [1.165, 1.54) is 11.1 Å². The fourth-order valence-electron chi connectivity index (χ4n) is 4.86. The number of nitrogens with zero attached hydrogens (tertiary/aromatic N) is 2. The minimum Gasteiger partial charge on any atom is -0.456 e. The van der Waals surface area contributed by atoms with Crippen molar-refractivity contribution in [2.24, 2.45) is 0 Å². The molecule has 0 aliphatic rings. The lowest BCUT2D eigenvalue weighted by atomic mass is 9.97. The second kappa shape index (κ2) is 6.79. The Labute approximate surface area is 185 Å². The number of benzene rings is 3. The first-order valence-corrected chi connectivity index (χ1v) is 10.7. The smallest absolute Gasteiger partial charge is 0.179 e. The number of hydrogen-bond donors (Lipinski definition) is 0. The topological polar surface area (TPSA) is 52.1 Å². The largest absolute Gasteiger partial charge is 0.456 e. The highest BCUT2D eigenvalue weighted by Gasteiger charge is 2.20. The van der Waals surface area contributed by atoms with Crippen molar-refractivity contribution in [1.82, 2.24) is 9.97 Å². The van der Waals surface area contributed by atoms with E-state index in [0.29, 0.717) is 5.58 Å². The van der Waals surface area contributed by atoms with E-state index in [1.54, 1.807) is 6.33 Å². The molecule has 4 nitrogen and oxygen atoms in total. The average molecular weight is 418 g/mol. The summed E-state index contributed by atoms with van der Waals surface area (Å²) >= 11 is 0. The first-order chi connectivity index (χ1) is 15.5. The predicted octanol–water partition coefficient (Wildman–Crippen LogP) is 7.69. The zero-order valence-corrected chi connectivity index (χ0v) is 18.5. The molecule has 3 heterocycles. The first-order valence-electron chi connectivity index (χ1n) is 10.7. The number of fused-ring (bicyclic) bond motifs is 4. The summed E-state index contributed by atoms with van der Waals surface area (Å²) in [5.74, 6) is 0.781. The summed E-state index contributed by atoms with van der Waals surface area (Å²) < 4.78 is 12.7. The van der Waals surface area contributed by atoms with Gasteiger partial charge < -0.3 is 8.83 Å². The van der Waals surface area contributed by atoms with Crippen LogP contribution in [0, 0.1) is 27.7 Å².